The Kier molecular flexibility index (Phi) is 5.14. The maximum atomic E-state index is 12.2. The monoisotopic (exact) mass is 382 g/mol. The van der Waals surface area contributed by atoms with Crippen molar-refractivity contribution >= 4 is 39.1 Å². The highest BCUT2D eigenvalue weighted by atomic mass is 32.2. The Morgan fingerprint density at radius 3 is 2.72 bits per heavy atom. The van der Waals surface area contributed by atoms with Gasteiger partial charge in [0.2, 0.25) is 0 Å². The SMILES string of the molecule is Cn1c(SCC(=O)c2ccc(OC(F)F)cc2)nc2ccsc2c1=O. The number of alkyl halides is 2. The van der Waals surface area contributed by atoms with Crippen molar-refractivity contribution < 1.29 is 18.3 Å². The van der Waals surface area contributed by atoms with Gasteiger partial charge < -0.3 is 4.74 Å². The number of benzene rings is 1. The van der Waals surface area contributed by atoms with E-state index in [4.69, 9.17) is 0 Å². The minimum absolute atomic E-state index is 0.00817. The summed E-state index contributed by atoms with van der Waals surface area (Å²) in [5.74, 6) is -0.134. The smallest absolute Gasteiger partial charge is 0.387 e. The summed E-state index contributed by atoms with van der Waals surface area (Å²) in [6.45, 7) is -2.91. The number of nitrogens with zero attached hydrogens (tertiary/aromatic N) is 2. The van der Waals surface area contributed by atoms with Crippen molar-refractivity contribution in [2.24, 2.45) is 7.05 Å². The van der Waals surface area contributed by atoms with Crippen LogP contribution in [0.5, 0.6) is 5.75 Å². The Morgan fingerprint density at radius 2 is 2.04 bits per heavy atom. The third-order valence-corrected chi connectivity index (χ3v) is 5.30. The summed E-state index contributed by atoms with van der Waals surface area (Å²) in [5.41, 5.74) is 0.829. The molecule has 0 saturated heterocycles. The van der Waals surface area contributed by atoms with Crippen molar-refractivity contribution in [1.29, 1.82) is 0 Å². The molecule has 0 aliphatic rings. The second-order valence-corrected chi connectivity index (χ2v) is 6.87. The predicted molar refractivity (Wildman–Crippen MR) is 93.0 cm³/mol. The van der Waals surface area contributed by atoms with Gasteiger partial charge in [0.15, 0.2) is 10.9 Å². The Labute approximate surface area is 149 Å². The number of hydrogen-bond acceptors (Lipinski definition) is 6. The summed E-state index contributed by atoms with van der Waals surface area (Å²) in [7, 11) is 1.61. The number of Topliss-reactive ketones (excluding diaryl/α,β-unsaturated/α-hetero) is 1. The number of carbonyl (C=O) groups is 1. The molecule has 2 aromatic heterocycles. The summed E-state index contributed by atoms with van der Waals surface area (Å²) < 4.78 is 30.5. The number of carbonyl (C=O) groups excluding carboxylic acids is 1. The molecule has 25 heavy (non-hydrogen) atoms. The van der Waals surface area contributed by atoms with Crippen molar-refractivity contribution in [3.05, 3.63) is 51.6 Å². The van der Waals surface area contributed by atoms with Crippen LogP contribution in [0.15, 0.2) is 45.7 Å². The van der Waals surface area contributed by atoms with E-state index in [1.807, 2.05) is 0 Å². The zero-order valence-electron chi connectivity index (χ0n) is 12.9. The first-order valence-corrected chi connectivity index (χ1v) is 8.97. The number of hydrogen-bond donors (Lipinski definition) is 0. The minimum atomic E-state index is -2.91. The molecule has 0 fully saturated rings. The van der Waals surface area contributed by atoms with E-state index in [-0.39, 0.29) is 22.8 Å². The van der Waals surface area contributed by atoms with Crippen LogP contribution in [0.25, 0.3) is 10.2 Å². The minimum Gasteiger partial charge on any atom is -0.435 e. The average Bonchev–Trinajstić information content (AvgIpc) is 3.05. The Bertz CT molecular complexity index is 968. The van der Waals surface area contributed by atoms with Gasteiger partial charge in [-0.05, 0) is 35.7 Å². The molecular formula is C16H12F2N2O3S2. The maximum Gasteiger partial charge on any atom is 0.387 e. The van der Waals surface area contributed by atoms with E-state index >= 15 is 0 Å². The number of thiophene rings is 1. The van der Waals surface area contributed by atoms with E-state index in [1.165, 1.54) is 40.2 Å². The Morgan fingerprint density at radius 1 is 1.32 bits per heavy atom. The van der Waals surface area contributed by atoms with Crippen molar-refractivity contribution in [1.82, 2.24) is 9.55 Å². The molecule has 0 spiro atoms. The van der Waals surface area contributed by atoms with Gasteiger partial charge in [0.25, 0.3) is 5.56 Å². The lowest BCUT2D eigenvalue weighted by molar-refractivity contribution is -0.0498. The molecule has 0 aliphatic carbocycles. The van der Waals surface area contributed by atoms with Crippen LogP contribution in [0, 0.1) is 0 Å². The molecule has 3 aromatic rings. The van der Waals surface area contributed by atoms with Gasteiger partial charge in [-0.1, -0.05) is 11.8 Å². The zero-order valence-corrected chi connectivity index (χ0v) is 14.6. The molecule has 1 aromatic carbocycles. The predicted octanol–water partition coefficient (Wildman–Crippen LogP) is 3.57. The van der Waals surface area contributed by atoms with Crippen LogP contribution >= 0.6 is 23.1 Å². The van der Waals surface area contributed by atoms with Gasteiger partial charge in [-0.15, -0.1) is 11.3 Å². The number of fused-ring (bicyclic) bond motifs is 1. The van der Waals surface area contributed by atoms with Crippen LogP contribution in [0.4, 0.5) is 8.78 Å². The van der Waals surface area contributed by atoms with Crippen LogP contribution in [0.1, 0.15) is 10.4 Å². The lowest BCUT2D eigenvalue weighted by Gasteiger charge is -2.07. The largest absolute Gasteiger partial charge is 0.435 e. The number of thioether (sulfide) groups is 1. The van der Waals surface area contributed by atoms with E-state index < -0.39 is 6.61 Å². The molecule has 0 unspecified atom stereocenters. The molecular weight excluding hydrogens is 370 g/mol. The maximum absolute atomic E-state index is 12.2. The second kappa shape index (κ2) is 7.32. The summed E-state index contributed by atoms with van der Waals surface area (Å²) in [4.78, 5) is 28.8. The molecule has 0 aliphatic heterocycles. The molecule has 0 bridgehead atoms. The zero-order chi connectivity index (χ0) is 18.0. The van der Waals surface area contributed by atoms with Gasteiger partial charge in [-0.3, -0.25) is 14.2 Å². The molecule has 3 rings (SSSR count). The highest BCUT2D eigenvalue weighted by Gasteiger charge is 2.13. The lowest BCUT2D eigenvalue weighted by atomic mass is 10.1. The molecule has 130 valence electrons. The van der Waals surface area contributed by atoms with Crippen molar-refractivity contribution in [2.45, 2.75) is 11.8 Å². The quantitative estimate of drug-likeness (QED) is 0.371. The number of halogens is 2. The fourth-order valence-corrected chi connectivity index (χ4v) is 3.80. The molecule has 2 heterocycles. The number of ether oxygens (including phenoxy) is 1. The fourth-order valence-electron chi connectivity index (χ4n) is 2.13. The first kappa shape index (κ1) is 17.6. The average molecular weight is 382 g/mol. The molecule has 0 amide bonds. The third kappa shape index (κ3) is 3.88. The highest BCUT2D eigenvalue weighted by Crippen LogP contribution is 2.22. The highest BCUT2D eigenvalue weighted by molar-refractivity contribution is 7.99. The van der Waals surface area contributed by atoms with Crippen LogP contribution in [0.3, 0.4) is 0 Å². The Hall–Kier alpha value is -2.26. The summed E-state index contributed by atoms with van der Waals surface area (Å²) in [6, 6.07) is 7.24. The lowest BCUT2D eigenvalue weighted by Crippen LogP contribution is -2.19. The van der Waals surface area contributed by atoms with Gasteiger partial charge in [0.1, 0.15) is 10.4 Å². The number of ketones is 1. The summed E-state index contributed by atoms with van der Waals surface area (Å²) in [6.07, 6.45) is 0. The molecule has 9 heteroatoms. The van der Waals surface area contributed by atoms with E-state index in [1.54, 1.807) is 18.5 Å². The van der Waals surface area contributed by atoms with Crippen LogP contribution in [-0.4, -0.2) is 27.7 Å². The third-order valence-electron chi connectivity index (χ3n) is 3.38. The Balaban J connectivity index is 1.72. The van der Waals surface area contributed by atoms with Gasteiger partial charge >= 0.3 is 6.61 Å². The standard InChI is InChI=1S/C16H12F2N2O3S2/c1-20-14(22)13-11(6-7-24-13)19-16(20)25-8-12(21)9-2-4-10(5-3-9)23-15(17)18/h2-7,15H,8H2,1H3. The van der Waals surface area contributed by atoms with Gasteiger partial charge in [-0.25, -0.2) is 4.98 Å². The van der Waals surface area contributed by atoms with Crippen molar-refractivity contribution in [3.8, 4) is 5.75 Å². The fraction of sp³-hybridized carbons (Fsp3) is 0.188. The molecule has 0 N–H and O–H groups in total. The van der Waals surface area contributed by atoms with Crippen LogP contribution in [-0.2, 0) is 7.05 Å². The summed E-state index contributed by atoms with van der Waals surface area (Å²) in [5, 5.41) is 2.24. The first-order valence-electron chi connectivity index (χ1n) is 7.11. The first-order chi connectivity index (χ1) is 12.0. The molecule has 5 nitrogen and oxygen atoms in total. The van der Waals surface area contributed by atoms with Crippen LogP contribution in [0.2, 0.25) is 0 Å². The summed E-state index contributed by atoms with van der Waals surface area (Å²) >= 11 is 2.48. The number of aromatic nitrogens is 2. The molecule has 0 atom stereocenters. The number of rotatable bonds is 6. The van der Waals surface area contributed by atoms with E-state index in [0.717, 1.165) is 11.8 Å². The van der Waals surface area contributed by atoms with Gasteiger partial charge in [0, 0.05) is 12.6 Å². The van der Waals surface area contributed by atoms with Crippen molar-refractivity contribution in [2.75, 3.05) is 5.75 Å². The van der Waals surface area contributed by atoms with E-state index in [9.17, 15) is 18.4 Å². The second-order valence-electron chi connectivity index (χ2n) is 5.01. The topological polar surface area (TPSA) is 61.2 Å². The normalized spacial score (nSPS) is 11.2. The van der Waals surface area contributed by atoms with E-state index in [2.05, 4.69) is 9.72 Å². The van der Waals surface area contributed by atoms with Crippen LogP contribution < -0.4 is 10.3 Å². The van der Waals surface area contributed by atoms with Gasteiger partial charge in [0.05, 0.1) is 11.3 Å². The van der Waals surface area contributed by atoms with Crippen molar-refractivity contribution in [3.63, 3.8) is 0 Å². The van der Waals surface area contributed by atoms with E-state index in [0.29, 0.717) is 20.9 Å². The van der Waals surface area contributed by atoms with Gasteiger partial charge in [-0.2, -0.15) is 8.78 Å². The molecule has 0 saturated carbocycles. The molecule has 0 radical (unpaired) electrons.